The first-order valence-corrected chi connectivity index (χ1v) is 7.35. The number of ether oxygens (including phenoxy) is 1. The fraction of sp³-hybridized carbons (Fsp3) is 0.294. The minimum absolute atomic E-state index is 0.300. The molecule has 0 unspecified atom stereocenters. The number of benzene rings is 1. The van der Waals surface area contributed by atoms with Gasteiger partial charge in [-0.3, -0.25) is 4.98 Å². The summed E-state index contributed by atoms with van der Waals surface area (Å²) in [6, 6.07) is 9.92. The van der Waals surface area contributed by atoms with Crippen LogP contribution < -0.4 is 10.5 Å². The molecular formula is C17H20N2OS. The van der Waals surface area contributed by atoms with Gasteiger partial charge in [-0.05, 0) is 37.5 Å². The third kappa shape index (κ3) is 3.58. The van der Waals surface area contributed by atoms with Crippen LogP contribution in [0.25, 0.3) is 0 Å². The summed E-state index contributed by atoms with van der Waals surface area (Å²) in [6.07, 6.45) is 0. The predicted octanol–water partition coefficient (Wildman–Crippen LogP) is 4.25. The average molecular weight is 300 g/mol. The minimum Gasteiger partial charge on any atom is -0.456 e. The van der Waals surface area contributed by atoms with Crippen LogP contribution >= 0.6 is 12.2 Å². The molecule has 0 saturated heterocycles. The van der Waals surface area contributed by atoms with Gasteiger partial charge in [0.25, 0.3) is 0 Å². The Hall–Kier alpha value is -1.94. The molecule has 0 bridgehead atoms. The lowest BCUT2D eigenvalue weighted by atomic mass is 10.0. The lowest BCUT2D eigenvalue weighted by Gasteiger charge is -2.14. The molecule has 4 heteroatoms. The molecule has 0 aliphatic carbocycles. The maximum Gasteiger partial charge on any atom is 0.141 e. The van der Waals surface area contributed by atoms with Crippen molar-refractivity contribution < 1.29 is 4.74 Å². The summed E-state index contributed by atoms with van der Waals surface area (Å²) in [5.41, 5.74) is 9.43. The molecule has 1 heterocycles. The second kappa shape index (κ2) is 6.22. The van der Waals surface area contributed by atoms with Crippen LogP contribution in [0, 0.1) is 13.8 Å². The Bertz CT molecular complexity index is 663. The molecule has 2 aromatic rings. The van der Waals surface area contributed by atoms with E-state index >= 15 is 0 Å². The minimum atomic E-state index is 0.300. The van der Waals surface area contributed by atoms with E-state index in [-0.39, 0.29) is 0 Å². The highest BCUT2D eigenvalue weighted by Crippen LogP contribution is 2.28. The first-order chi connectivity index (χ1) is 9.88. The molecule has 0 atom stereocenters. The Balaban J connectivity index is 2.37. The van der Waals surface area contributed by atoms with Crippen molar-refractivity contribution in [3.05, 3.63) is 52.8 Å². The van der Waals surface area contributed by atoms with Crippen LogP contribution in [0.1, 0.15) is 42.3 Å². The van der Waals surface area contributed by atoms with E-state index in [2.05, 4.69) is 31.0 Å². The van der Waals surface area contributed by atoms with Crippen LogP contribution in [0.5, 0.6) is 11.5 Å². The molecular weight excluding hydrogens is 280 g/mol. The molecule has 1 aromatic heterocycles. The second-order valence-corrected chi connectivity index (χ2v) is 5.85. The summed E-state index contributed by atoms with van der Waals surface area (Å²) < 4.78 is 5.96. The van der Waals surface area contributed by atoms with Gasteiger partial charge in [0.15, 0.2) is 0 Å². The molecule has 21 heavy (non-hydrogen) atoms. The molecule has 3 nitrogen and oxygen atoms in total. The number of nitrogens with two attached hydrogens (primary N) is 1. The largest absolute Gasteiger partial charge is 0.456 e. The van der Waals surface area contributed by atoms with Crippen LogP contribution in [0.3, 0.4) is 0 Å². The van der Waals surface area contributed by atoms with Gasteiger partial charge in [-0.2, -0.15) is 0 Å². The van der Waals surface area contributed by atoms with Crippen molar-refractivity contribution in [1.29, 1.82) is 0 Å². The summed E-state index contributed by atoms with van der Waals surface area (Å²) in [4.78, 5) is 4.69. The number of hydrogen-bond donors (Lipinski definition) is 1. The molecule has 2 N–H and O–H groups in total. The zero-order valence-electron chi connectivity index (χ0n) is 12.8. The summed E-state index contributed by atoms with van der Waals surface area (Å²) in [6.45, 7) is 8.13. The number of nitrogens with zero attached hydrogens (tertiary/aromatic N) is 1. The van der Waals surface area contributed by atoms with E-state index in [0.717, 1.165) is 17.1 Å². The first-order valence-electron chi connectivity index (χ1n) is 6.94. The number of pyridine rings is 1. The molecule has 0 saturated carbocycles. The normalized spacial score (nSPS) is 10.7. The van der Waals surface area contributed by atoms with Crippen molar-refractivity contribution in [1.82, 2.24) is 4.98 Å². The zero-order valence-corrected chi connectivity index (χ0v) is 13.6. The van der Waals surface area contributed by atoms with Crippen molar-refractivity contribution >= 4 is 17.2 Å². The van der Waals surface area contributed by atoms with Gasteiger partial charge in [-0.15, -0.1) is 0 Å². The Labute approximate surface area is 131 Å². The number of aromatic nitrogens is 1. The summed E-state index contributed by atoms with van der Waals surface area (Å²) in [5.74, 6) is 1.92. The van der Waals surface area contributed by atoms with E-state index in [0.29, 0.717) is 22.2 Å². The van der Waals surface area contributed by atoms with E-state index in [1.54, 1.807) is 0 Å². The van der Waals surface area contributed by atoms with Crippen LogP contribution in [-0.4, -0.2) is 9.97 Å². The first kappa shape index (κ1) is 15.4. The highest BCUT2D eigenvalue weighted by molar-refractivity contribution is 7.80. The Morgan fingerprint density at radius 3 is 2.33 bits per heavy atom. The molecule has 2 rings (SSSR count). The lowest BCUT2D eigenvalue weighted by Crippen LogP contribution is -2.14. The molecule has 0 radical (unpaired) electrons. The van der Waals surface area contributed by atoms with Crippen molar-refractivity contribution in [3.63, 3.8) is 0 Å². The monoisotopic (exact) mass is 300 g/mol. The van der Waals surface area contributed by atoms with Gasteiger partial charge in [0.05, 0.1) is 11.3 Å². The van der Waals surface area contributed by atoms with Gasteiger partial charge in [-0.1, -0.05) is 38.2 Å². The molecule has 110 valence electrons. The molecule has 0 aliphatic rings. The third-order valence-electron chi connectivity index (χ3n) is 3.31. The number of hydrogen-bond acceptors (Lipinski definition) is 3. The Morgan fingerprint density at radius 2 is 1.81 bits per heavy atom. The lowest BCUT2D eigenvalue weighted by molar-refractivity contribution is 0.479. The summed E-state index contributed by atoms with van der Waals surface area (Å²) >= 11 is 5.11. The fourth-order valence-electron chi connectivity index (χ4n) is 2.22. The predicted molar refractivity (Wildman–Crippen MR) is 90.2 cm³/mol. The highest BCUT2D eigenvalue weighted by Gasteiger charge is 2.13. The third-order valence-corrected chi connectivity index (χ3v) is 3.52. The number of aryl methyl sites for hydroxylation is 2. The zero-order chi connectivity index (χ0) is 15.6. The molecule has 0 spiro atoms. The van der Waals surface area contributed by atoms with E-state index < -0.39 is 0 Å². The quantitative estimate of drug-likeness (QED) is 0.858. The topological polar surface area (TPSA) is 48.1 Å². The van der Waals surface area contributed by atoms with E-state index in [1.807, 2.05) is 32.0 Å². The smallest absolute Gasteiger partial charge is 0.141 e. The van der Waals surface area contributed by atoms with Gasteiger partial charge >= 0.3 is 0 Å². The van der Waals surface area contributed by atoms with Crippen molar-refractivity contribution in [3.8, 4) is 11.5 Å². The summed E-state index contributed by atoms with van der Waals surface area (Å²) in [5, 5.41) is 0. The van der Waals surface area contributed by atoms with Gasteiger partial charge in [0.2, 0.25) is 0 Å². The average Bonchev–Trinajstić information content (AvgIpc) is 2.37. The van der Waals surface area contributed by atoms with Crippen molar-refractivity contribution in [2.45, 2.75) is 33.6 Å². The van der Waals surface area contributed by atoms with Crippen LogP contribution in [0.2, 0.25) is 0 Å². The van der Waals surface area contributed by atoms with Gasteiger partial charge in [0, 0.05) is 11.8 Å². The second-order valence-electron chi connectivity index (χ2n) is 5.41. The van der Waals surface area contributed by atoms with Gasteiger partial charge < -0.3 is 10.5 Å². The molecule has 0 amide bonds. The van der Waals surface area contributed by atoms with Gasteiger partial charge in [-0.25, -0.2) is 0 Å². The molecule has 0 fully saturated rings. The maximum atomic E-state index is 5.96. The highest BCUT2D eigenvalue weighted by atomic mass is 32.1. The van der Waals surface area contributed by atoms with Crippen LogP contribution in [0.4, 0.5) is 0 Å². The van der Waals surface area contributed by atoms with E-state index in [9.17, 15) is 0 Å². The van der Waals surface area contributed by atoms with E-state index in [4.69, 9.17) is 22.7 Å². The van der Waals surface area contributed by atoms with E-state index in [1.165, 1.54) is 5.56 Å². The van der Waals surface area contributed by atoms with Crippen LogP contribution in [0.15, 0.2) is 30.3 Å². The number of thiocarbonyl (C=S) groups is 1. The fourth-order valence-corrected chi connectivity index (χ4v) is 2.47. The van der Waals surface area contributed by atoms with Gasteiger partial charge in [0.1, 0.15) is 16.5 Å². The Morgan fingerprint density at radius 1 is 1.19 bits per heavy atom. The van der Waals surface area contributed by atoms with Crippen LogP contribution in [-0.2, 0) is 0 Å². The number of rotatable bonds is 4. The molecule has 1 aromatic carbocycles. The van der Waals surface area contributed by atoms with Crippen molar-refractivity contribution in [2.75, 3.05) is 0 Å². The Kier molecular flexibility index (Phi) is 4.58. The molecule has 0 aliphatic heterocycles. The van der Waals surface area contributed by atoms with Crippen molar-refractivity contribution in [2.24, 2.45) is 5.73 Å². The SMILES string of the molecule is Cc1cc(Oc2ccc(C(C)C)cc2)c(C(N)=S)c(C)n1. The standard InChI is InChI=1S/C17H20N2OS/c1-10(2)13-5-7-14(8-6-13)20-15-9-11(3)19-12(4)16(15)17(18)21/h5-10H,1-4H3,(H2,18,21). The maximum absolute atomic E-state index is 5.96. The summed E-state index contributed by atoms with van der Waals surface area (Å²) in [7, 11) is 0.